The molecule has 1 aliphatic heterocycles. The summed E-state index contributed by atoms with van der Waals surface area (Å²) < 4.78 is 0. The summed E-state index contributed by atoms with van der Waals surface area (Å²) in [6, 6.07) is 1.19. The van der Waals surface area contributed by atoms with Gasteiger partial charge in [-0.25, -0.2) is 4.98 Å². The molecule has 0 spiro atoms. The van der Waals surface area contributed by atoms with E-state index in [9.17, 15) is 14.9 Å². The standard InChI is InChI=1S/C11H12ClN3O3/c12-10-9(6-8(7-13-10)15(17)18)11(16)14-4-2-1-3-5-14/h6-7H,1-5H2. The van der Waals surface area contributed by atoms with Crippen molar-refractivity contribution >= 4 is 23.2 Å². The summed E-state index contributed by atoms with van der Waals surface area (Å²) in [5.74, 6) is -0.282. The first-order valence-corrected chi connectivity index (χ1v) is 6.06. The number of carbonyl (C=O) groups is 1. The molecule has 1 amide bonds. The number of piperidine rings is 1. The molecule has 18 heavy (non-hydrogen) atoms. The molecule has 7 heteroatoms. The highest BCUT2D eigenvalue weighted by Crippen LogP contribution is 2.22. The maximum Gasteiger partial charge on any atom is 0.288 e. The number of hydrogen-bond donors (Lipinski definition) is 0. The number of likely N-dealkylation sites (tertiary alicyclic amines) is 1. The van der Waals surface area contributed by atoms with Crippen LogP contribution < -0.4 is 0 Å². The molecule has 1 saturated heterocycles. The Bertz CT molecular complexity index is 486. The van der Waals surface area contributed by atoms with Crippen molar-refractivity contribution in [2.45, 2.75) is 19.3 Å². The number of amides is 1. The van der Waals surface area contributed by atoms with Crippen LogP contribution in [0.2, 0.25) is 5.15 Å². The Morgan fingerprint density at radius 1 is 1.39 bits per heavy atom. The molecule has 6 nitrogen and oxygen atoms in total. The number of hydrogen-bond acceptors (Lipinski definition) is 4. The number of carbonyl (C=O) groups excluding carboxylic acids is 1. The number of nitro groups is 1. The molecule has 0 unspecified atom stereocenters. The molecule has 0 bridgehead atoms. The Morgan fingerprint density at radius 3 is 2.67 bits per heavy atom. The first-order valence-electron chi connectivity index (χ1n) is 5.69. The van der Waals surface area contributed by atoms with Gasteiger partial charge in [0.2, 0.25) is 0 Å². The number of rotatable bonds is 2. The van der Waals surface area contributed by atoms with Crippen molar-refractivity contribution in [3.05, 3.63) is 33.1 Å². The van der Waals surface area contributed by atoms with Gasteiger partial charge in [0.25, 0.3) is 11.6 Å². The molecule has 0 N–H and O–H groups in total. The lowest BCUT2D eigenvalue weighted by molar-refractivity contribution is -0.385. The zero-order valence-corrected chi connectivity index (χ0v) is 10.4. The summed E-state index contributed by atoms with van der Waals surface area (Å²) in [5, 5.41) is 10.7. The van der Waals surface area contributed by atoms with Crippen LogP contribution >= 0.6 is 11.6 Å². The zero-order valence-electron chi connectivity index (χ0n) is 9.63. The molecular weight excluding hydrogens is 258 g/mol. The SMILES string of the molecule is O=C(c1cc([N+](=O)[O-])cnc1Cl)N1CCCCC1. The van der Waals surface area contributed by atoms with Crippen LogP contribution in [0.25, 0.3) is 0 Å². The molecule has 1 aromatic heterocycles. The van der Waals surface area contributed by atoms with Gasteiger partial charge in [-0.3, -0.25) is 14.9 Å². The lowest BCUT2D eigenvalue weighted by Gasteiger charge is -2.26. The number of nitrogens with zero attached hydrogens (tertiary/aromatic N) is 3. The second-order valence-electron chi connectivity index (χ2n) is 4.14. The van der Waals surface area contributed by atoms with E-state index in [4.69, 9.17) is 11.6 Å². The lowest BCUT2D eigenvalue weighted by atomic mass is 10.1. The highest BCUT2D eigenvalue weighted by molar-refractivity contribution is 6.32. The highest BCUT2D eigenvalue weighted by atomic mass is 35.5. The smallest absolute Gasteiger partial charge is 0.288 e. The molecule has 0 aromatic carbocycles. The molecule has 1 aliphatic rings. The second-order valence-corrected chi connectivity index (χ2v) is 4.50. The summed E-state index contributed by atoms with van der Waals surface area (Å²) >= 11 is 5.83. The Morgan fingerprint density at radius 2 is 2.06 bits per heavy atom. The third kappa shape index (κ3) is 2.59. The molecule has 1 aromatic rings. The molecule has 2 rings (SSSR count). The van der Waals surface area contributed by atoms with Gasteiger partial charge in [-0.15, -0.1) is 0 Å². The molecule has 0 saturated carbocycles. The van der Waals surface area contributed by atoms with Crippen molar-refractivity contribution in [1.29, 1.82) is 0 Å². The van der Waals surface area contributed by atoms with E-state index >= 15 is 0 Å². The van der Waals surface area contributed by atoms with E-state index in [0.717, 1.165) is 25.5 Å². The summed E-state index contributed by atoms with van der Waals surface area (Å²) in [7, 11) is 0. The van der Waals surface area contributed by atoms with Crippen LogP contribution in [0.15, 0.2) is 12.3 Å². The molecule has 2 heterocycles. The Hall–Kier alpha value is -1.69. The maximum absolute atomic E-state index is 12.2. The normalized spacial score (nSPS) is 15.5. The molecule has 96 valence electrons. The van der Waals surface area contributed by atoms with E-state index in [0.29, 0.717) is 13.1 Å². The third-order valence-corrected chi connectivity index (χ3v) is 3.21. The van der Waals surface area contributed by atoms with E-state index in [-0.39, 0.29) is 22.3 Å². The minimum Gasteiger partial charge on any atom is -0.339 e. The van der Waals surface area contributed by atoms with Gasteiger partial charge >= 0.3 is 0 Å². The zero-order chi connectivity index (χ0) is 13.1. The van der Waals surface area contributed by atoms with E-state index in [1.165, 1.54) is 6.07 Å². The van der Waals surface area contributed by atoms with Crippen molar-refractivity contribution in [3.63, 3.8) is 0 Å². The van der Waals surface area contributed by atoms with Crippen molar-refractivity contribution in [1.82, 2.24) is 9.88 Å². The topological polar surface area (TPSA) is 76.3 Å². The maximum atomic E-state index is 12.2. The van der Waals surface area contributed by atoms with Crippen molar-refractivity contribution in [3.8, 4) is 0 Å². The Kier molecular flexibility index (Phi) is 3.76. The van der Waals surface area contributed by atoms with Gasteiger partial charge in [0.1, 0.15) is 11.3 Å². The van der Waals surface area contributed by atoms with Gasteiger partial charge in [0.05, 0.1) is 10.5 Å². The van der Waals surface area contributed by atoms with Crippen LogP contribution in [-0.2, 0) is 0 Å². The van der Waals surface area contributed by atoms with Crippen LogP contribution in [0.3, 0.4) is 0 Å². The van der Waals surface area contributed by atoms with Crippen molar-refractivity contribution in [2.75, 3.05) is 13.1 Å². The van der Waals surface area contributed by atoms with Crippen LogP contribution in [0.1, 0.15) is 29.6 Å². The molecule has 0 aliphatic carbocycles. The molecule has 0 atom stereocenters. The molecule has 1 fully saturated rings. The van der Waals surface area contributed by atoms with Gasteiger partial charge in [-0.1, -0.05) is 11.6 Å². The predicted molar refractivity (Wildman–Crippen MR) is 65.7 cm³/mol. The van der Waals surface area contributed by atoms with E-state index in [2.05, 4.69) is 4.98 Å². The molecule has 0 radical (unpaired) electrons. The summed E-state index contributed by atoms with van der Waals surface area (Å²) in [5.41, 5.74) is -0.118. The third-order valence-electron chi connectivity index (χ3n) is 2.91. The van der Waals surface area contributed by atoms with Crippen molar-refractivity contribution < 1.29 is 9.72 Å². The fraction of sp³-hybridized carbons (Fsp3) is 0.455. The van der Waals surface area contributed by atoms with Gasteiger partial charge in [0.15, 0.2) is 0 Å². The number of pyridine rings is 1. The van der Waals surface area contributed by atoms with Gasteiger partial charge in [0, 0.05) is 19.2 Å². The number of halogens is 1. The summed E-state index contributed by atoms with van der Waals surface area (Å²) in [4.78, 5) is 27.6. The van der Waals surface area contributed by atoms with Gasteiger partial charge in [-0.05, 0) is 19.3 Å². The fourth-order valence-corrected chi connectivity index (χ4v) is 2.14. The lowest BCUT2D eigenvalue weighted by Crippen LogP contribution is -2.35. The minimum absolute atomic E-state index is 0.0103. The van der Waals surface area contributed by atoms with Gasteiger partial charge < -0.3 is 4.90 Å². The average molecular weight is 270 g/mol. The van der Waals surface area contributed by atoms with E-state index < -0.39 is 4.92 Å². The first-order chi connectivity index (χ1) is 8.59. The Balaban J connectivity index is 2.28. The Labute approximate surface area is 109 Å². The van der Waals surface area contributed by atoms with Crippen LogP contribution in [0.4, 0.5) is 5.69 Å². The average Bonchev–Trinajstić information content (AvgIpc) is 2.39. The first kappa shape index (κ1) is 12.8. The highest BCUT2D eigenvalue weighted by Gasteiger charge is 2.23. The largest absolute Gasteiger partial charge is 0.339 e. The fourth-order valence-electron chi connectivity index (χ4n) is 1.95. The van der Waals surface area contributed by atoms with Crippen LogP contribution in [0.5, 0.6) is 0 Å². The molecular formula is C11H12ClN3O3. The van der Waals surface area contributed by atoms with Gasteiger partial charge in [-0.2, -0.15) is 0 Å². The van der Waals surface area contributed by atoms with E-state index in [1.807, 2.05) is 0 Å². The summed E-state index contributed by atoms with van der Waals surface area (Å²) in [6.07, 6.45) is 4.05. The quantitative estimate of drug-likeness (QED) is 0.469. The summed E-state index contributed by atoms with van der Waals surface area (Å²) in [6.45, 7) is 1.33. The van der Waals surface area contributed by atoms with E-state index in [1.54, 1.807) is 4.90 Å². The second kappa shape index (κ2) is 5.30. The van der Waals surface area contributed by atoms with Crippen LogP contribution in [-0.4, -0.2) is 33.8 Å². The van der Waals surface area contributed by atoms with Crippen LogP contribution in [0, 0.1) is 10.1 Å². The minimum atomic E-state index is -0.587. The predicted octanol–water partition coefficient (Wildman–Crippen LogP) is 2.27. The van der Waals surface area contributed by atoms with Crippen molar-refractivity contribution in [2.24, 2.45) is 0 Å². The number of aromatic nitrogens is 1. The monoisotopic (exact) mass is 269 g/mol.